The van der Waals surface area contributed by atoms with Crippen molar-refractivity contribution in [3.05, 3.63) is 23.9 Å². The van der Waals surface area contributed by atoms with Gasteiger partial charge in [0, 0.05) is 12.3 Å². The van der Waals surface area contributed by atoms with Gasteiger partial charge >= 0.3 is 5.97 Å². The average Bonchev–Trinajstić information content (AvgIpc) is 2.28. The molecular weight excluding hydrogens is 236 g/mol. The number of carbonyl (C=O) groups excluding carboxylic acids is 1. The number of ether oxygens (including phenoxy) is 1. The van der Waals surface area contributed by atoms with Crippen molar-refractivity contribution in [2.45, 2.75) is 32.9 Å². The van der Waals surface area contributed by atoms with Gasteiger partial charge in [0.1, 0.15) is 6.04 Å². The van der Waals surface area contributed by atoms with E-state index in [1.165, 1.54) is 19.2 Å². The molecule has 18 heavy (non-hydrogen) atoms. The average molecular weight is 252 g/mol. The van der Waals surface area contributed by atoms with E-state index in [-0.39, 0.29) is 6.10 Å². The molecule has 6 nitrogen and oxygen atoms in total. The molecule has 0 fully saturated rings. The zero-order valence-electron chi connectivity index (χ0n) is 10.5. The summed E-state index contributed by atoms with van der Waals surface area (Å²) >= 11 is 0. The predicted octanol–water partition coefficient (Wildman–Crippen LogP) is 1.07. The number of carboxylic acid groups (broad SMARTS) is 1. The van der Waals surface area contributed by atoms with Gasteiger partial charge in [-0.3, -0.25) is 9.59 Å². The second-order valence-corrected chi connectivity index (χ2v) is 4.09. The fourth-order valence-corrected chi connectivity index (χ4v) is 1.17. The van der Waals surface area contributed by atoms with Crippen LogP contribution in [-0.2, 0) is 4.79 Å². The third-order valence-corrected chi connectivity index (χ3v) is 2.07. The first-order chi connectivity index (χ1) is 8.40. The summed E-state index contributed by atoms with van der Waals surface area (Å²) in [6.45, 7) is 5.14. The van der Waals surface area contributed by atoms with E-state index in [9.17, 15) is 9.59 Å². The van der Waals surface area contributed by atoms with Gasteiger partial charge in [-0.1, -0.05) is 0 Å². The highest BCUT2D eigenvalue weighted by molar-refractivity contribution is 5.96. The van der Waals surface area contributed by atoms with Crippen molar-refractivity contribution in [2.24, 2.45) is 0 Å². The van der Waals surface area contributed by atoms with Gasteiger partial charge in [0.25, 0.3) is 5.91 Å². The highest BCUT2D eigenvalue weighted by Crippen LogP contribution is 2.09. The Labute approximate surface area is 105 Å². The molecule has 0 aliphatic carbocycles. The van der Waals surface area contributed by atoms with E-state index in [1.807, 2.05) is 13.8 Å². The van der Waals surface area contributed by atoms with Gasteiger partial charge in [0.15, 0.2) is 0 Å². The van der Waals surface area contributed by atoms with E-state index in [0.717, 1.165) is 0 Å². The first-order valence-electron chi connectivity index (χ1n) is 5.56. The minimum absolute atomic E-state index is 0.00390. The normalized spacial score (nSPS) is 12.0. The lowest BCUT2D eigenvalue weighted by Crippen LogP contribution is -2.38. The summed E-state index contributed by atoms with van der Waals surface area (Å²) in [7, 11) is 0. The number of amides is 1. The first kappa shape index (κ1) is 14.0. The number of aliphatic carboxylic acids is 1. The Morgan fingerprint density at radius 2 is 2.00 bits per heavy atom. The van der Waals surface area contributed by atoms with Crippen LogP contribution in [0.15, 0.2) is 18.3 Å². The van der Waals surface area contributed by atoms with Crippen molar-refractivity contribution in [3.8, 4) is 5.88 Å². The maximum absolute atomic E-state index is 11.6. The molecule has 0 bridgehead atoms. The molecule has 0 aromatic carbocycles. The molecule has 98 valence electrons. The molecule has 6 heteroatoms. The van der Waals surface area contributed by atoms with Gasteiger partial charge in [-0.05, 0) is 26.8 Å². The van der Waals surface area contributed by atoms with Crippen LogP contribution in [0.4, 0.5) is 0 Å². The lowest BCUT2D eigenvalue weighted by molar-refractivity contribution is -0.138. The number of aromatic nitrogens is 1. The SMILES string of the molecule is CC(C)Oc1ccc(C(=O)N[C@@H](C)C(=O)O)cn1. The molecule has 0 saturated heterocycles. The Morgan fingerprint density at radius 3 is 2.44 bits per heavy atom. The number of pyridine rings is 1. The number of nitrogens with one attached hydrogen (secondary N) is 1. The summed E-state index contributed by atoms with van der Waals surface area (Å²) in [5.41, 5.74) is 0.291. The van der Waals surface area contributed by atoms with Crippen molar-refractivity contribution >= 4 is 11.9 Å². The van der Waals surface area contributed by atoms with Gasteiger partial charge in [0.2, 0.25) is 5.88 Å². The monoisotopic (exact) mass is 252 g/mol. The molecule has 1 atom stereocenters. The number of carbonyl (C=O) groups is 2. The fourth-order valence-electron chi connectivity index (χ4n) is 1.17. The molecular formula is C12H16N2O4. The molecule has 0 radical (unpaired) electrons. The summed E-state index contributed by atoms with van der Waals surface area (Å²) in [4.78, 5) is 26.2. The molecule has 0 saturated carbocycles. The zero-order chi connectivity index (χ0) is 13.7. The maximum atomic E-state index is 11.6. The van der Waals surface area contributed by atoms with Crippen molar-refractivity contribution in [1.82, 2.24) is 10.3 Å². The summed E-state index contributed by atoms with van der Waals surface area (Å²) in [5, 5.41) is 11.0. The molecule has 0 spiro atoms. The minimum Gasteiger partial charge on any atom is -0.480 e. The van der Waals surface area contributed by atoms with E-state index < -0.39 is 17.9 Å². The van der Waals surface area contributed by atoms with Crippen molar-refractivity contribution in [1.29, 1.82) is 0 Å². The Balaban J connectivity index is 2.67. The second kappa shape index (κ2) is 6.00. The summed E-state index contributed by atoms with van der Waals surface area (Å²) in [6.07, 6.45) is 1.35. The molecule has 1 rings (SSSR count). The lowest BCUT2D eigenvalue weighted by Gasteiger charge is -2.10. The van der Waals surface area contributed by atoms with Crippen molar-refractivity contribution in [3.63, 3.8) is 0 Å². The van der Waals surface area contributed by atoms with Crippen LogP contribution in [0.25, 0.3) is 0 Å². The molecule has 0 unspecified atom stereocenters. The highest BCUT2D eigenvalue weighted by atomic mass is 16.5. The van der Waals surface area contributed by atoms with Crippen LogP contribution in [0, 0.1) is 0 Å². The number of nitrogens with zero attached hydrogens (tertiary/aromatic N) is 1. The number of hydrogen-bond acceptors (Lipinski definition) is 4. The topological polar surface area (TPSA) is 88.5 Å². The molecule has 0 aliphatic rings. The van der Waals surface area contributed by atoms with E-state index in [0.29, 0.717) is 11.4 Å². The van der Waals surface area contributed by atoms with Crippen LogP contribution >= 0.6 is 0 Å². The number of hydrogen-bond donors (Lipinski definition) is 2. The molecule has 1 aromatic heterocycles. The quantitative estimate of drug-likeness (QED) is 0.818. The first-order valence-corrected chi connectivity index (χ1v) is 5.56. The Morgan fingerprint density at radius 1 is 1.33 bits per heavy atom. The molecule has 1 amide bonds. The Hall–Kier alpha value is -2.11. The van der Waals surface area contributed by atoms with E-state index in [1.54, 1.807) is 6.07 Å². The van der Waals surface area contributed by atoms with Crippen LogP contribution < -0.4 is 10.1 Å². The zero-order valence-corrected chi connectivity index (χ0v) is 10.5. The van der Waals surface area contributed by atoms with Gasteiger partial charge in [-0.15, -0.1) is 0 Å². The van der Waals surface area contributed by atoms with Crippen LogP contribution in [0.2, 0.25) is 0 Å². The summed E-state index contributed by atoms with van der Waals surface area (Å²) < 4.78 is 5.33. The van der Waals surface area contributed by atoms with E-state index in [2.05, 4.69) is 10.3 Å². The minimum atomic E-state index is -1.09. The summed E-state index contributed by atoms with van der Waals surface area (Å²) in [6, 6.07) is 2.17. The number of rotatable bonds is 5. The van der Waals surface area contributed by atoms with E-state index in [4.69, 9.17) is 9.84 Å². The van der Waals surface area contributed by atoms with Crippen LogP contribution in [-0.4, -0.2) is 34.1 Å². The van der Waals surface area contributed by atoms with E-state index >= 15 is 0 Å². The second-order valence-electron chi connectivity index (χ2n) is 4.09. The Kier molecular flexibility index (Phi) is 4.65. The van der Waals surface area contributed by atoms with Crippen molar-refractivity contribution in [2.75, 3.05) is 0 Å². The predicted molar refractivity (Wildman–Crippen MR) is 64.6 cm³/mol. The number of carboxylic acids is 1. The lowest BCUT2D eigenvalue weighted by atomic mass is 10.2. The van der Waals surface area contributed by atoms with Gasteiger partial charge in [-0.25, -0.2) is 4.98 Å². The Bertz CT molecular complexity index is 428. The smallest absolute Gasteiger partial charge is 0.325 e. The van der Waals surface area contributed by atoms with Crippen LogP contribution in [0.3, 0.4) is 0 Å². The van der Waals surface area contributed by atoms with Gasteiger partial charge < -0.3 is 15.2 Å². The van der Waals surface area contributed by atoms with Crippen molar-refractivity contribution < 1.29 is 19.4 Å². The van der Waals surface area contributed by atoms with Gasteiger partial charge in [0.05, 0.1) is 11.7 Å². The van der Waals surface area contributed by atoms with Crippen LogP contribution in [0.5, 0.6) is 5.88 Å². The largest absolute Gasteiger partial charge is 0.480 e. The third-order valence-electron chi connectivity index (χ3n) is 2.07. The molecule has 2 N–H and O–H groups in total. The fraction of sp³-hybridized carbons (Fsp3) is 0.417. The highest BCUT2D eigenvalue weighted by Gasteiger charge is 2.15. The molecule has 1 heterocycles. The molecule has 0 aliphatic heterocycles. The summed E-state index contributed by atoms with van der Waals surface area (Å²) in [5.74, 6) is -1.14. The third kappa shape index (κ3) is 4.04. The maximum Gasteiger partial charge on any atom is 0.325 e. The van der Waals surface area contributed by atoms with Gasteiger partial charge in [-0.2, -0.15) is 0 Å². The standard InChI is InChI=1S/C12H16N2O4/c1-7(2)18-10-5-4-9(6-13-10)11(15)14-8(3)12(16)17/h4-8H,1-3H3,(H,14,15)(H,16,17)/t8-/m0/s1. The molecule has 1 aromatic rings. The van der Waals surface area contributed by atoms with Crippen LogP contribution in [0.1, 0.15) is 31.1 Å².